The van der Waals surface area contributed by atoms with Crippen LogP contribution in [-0.4, -0.2) is 9.97 Å². The minimum absolute atomic E-state index is 0.459. The number of benzene rings is 1. The van der Waals surface area contributed by atoms with Crippen molar-refractivity contribution in [3.63, 3.8) is 0 Å². The van der Waals surface area contributed by atoms with Crippen LogP contribution in [0.2, 0.25) is 0 Å². The van der Waals surface area contributed by atoms with Crippen molar-refractivity contribution in [1.29, 1.82) is 0 Å². The van der Waals surface area contributed by atoms with Gasteiger partial charge in [0.15, 0.2) is 5.82 Å². The molecule has 0 aliphatic carbocycles. The van der Waals surface area contributed by atoms with Crippen LogP contribution < -0.4 is 10.5 Å². The second-order valence-corrected chi connectivity index (χ2v) is 6.72. The monoisotopic (exact) mass is 339 g/mol. The molecular weight excluding hydrogens is 322 g/mol. The van der Waals surface area contributed by atoms with E-state index in [-0.39, 0.29) is 0 Å². The van der Waals surface area contributed by atoms with E-state index in [2.05, 4.69) is 16.9 Å². The Hall–Kier alpha value is -2.60. The Morgan fingerprint density at radius 1 is 1.25 bits per heavy atom. The minimum atomic E-state index is 0.459. The summed E-state index contributed by atoms with van der Waals surface area (Å²) in [6, 6.07) is 7.79. The predicted molar refractivity (Wildman–Crippen MR) is 96.4 cm³/mol. The lowest BCUT2D eigenvalue weighted by atomic mass is 10.2. The van der Waals surface area contributed by atoms with E-state index in [1.807, 2.05) is 24.3 Å². The molecule has 5 nitrogen and oxygen atoms in total. The zero-order chi connectivity index (χ0) is 16.5. The van der Waals surface area contributed by atoms with Gasteiger partial charge in [0.1, 0.15) is 17.9 Å². The van der Waals surface area contributed by atoms with Crippen LogP contribution in [0.5, 0.6) is 5.75 Å². The smallest absolute Gasteiger partial charge is 0.151 e. The molecule has 122 valence electrons. The first-order valence-corrected chi connectivity index (χ1v) is 8.68. The standard InChI is InChI=1S/C18H17N3O2S/c1-2-3-15-21-16-17(24-15)13-5-4-12(8-14(13)20-18(16)19)23-10-11-6-7-22-9-11/h4-9H,2-3,10H2,1H3,(H2,19,20). The normalized spacial score (nSPS) is 11.4. The molecule has 4 aromatic rings. The molecule has 0 spiro atoms. The third kappa shape index (κ3) is 2.69. The fraction of sp³-hybridized carbons (Fsp3) is 0.222. The van der Waals surface area contributed by atoms with Crippen LogP contribution in [0.3, 0.4) is 0 Å². The molecule has 0 fully saturated rings. The SMILES string of the molecule is CCCc1nc2c(N)nc3cc(OCc4ccoc4)ccc3c2s1. The number of nitrogens with zero attached hydrogens (tertiary/aromatic N) is 2. The van der Waals surface area contributed by atoms with Gasteiger partial charge in [-0.2, -0.15) is 0 Å². The molecule has 0 bridgehead atoms. The van der Waals surface area contributed by atoms with Crippen molar-refractivity contribution in [2.75, 3.05) is 5.73 Å². The van der Waals surface area contributed by atoms with Crippen LogP contribution in [0.25, 0.3) is 21.1 Å². The molecule has 4 rings (SSSR count). The maximum atomic E-state index is 6.11. The second kappa shape index (κ2) is 6.13. The molecule has 24 heavy (non-hydrogen) atoms. The number of hydrogen-bond acceptors (Lipinski definition) is 6. The summed E-state index contributed by atoms with van der Waals surface area (Å²) in [6.07, 6.45) is 5.34. The quantitative estimate of drug-likeness (QED) is 0.577. The van der Waals surface area contributed by atoms with Gasteiger partial charge in [-0.15, -0.1) is 11.3 Å². The number of ether oxygens (including phenoxy) is 1. The minimum Gasteiger partial charge on any atom is -0.489 e. The van der Waals surface area contributed by atoms with Crippen LogP contribution >= 0.6 is 11.3 Å². The van der Waals surface area contributed by atoms with Crippen LogP contribution in [-0.2, 0) is 13.0 Å². The molecule has 3 heterocycles. The van der Waals surface area contributed by atoms with Gasteiger partial charge < -0.3 is 14.9 Å². The molecule has 0 aliphatic heterocycles. The summed E-state index contributed by atoms with van der Waals surface area (Å²) < 4.78 is 11.9. The lowest BCUT2D eigenvalue weighted by Crippen LogP contribution is -1.96. The number of anilines is 1. The number of fused-ring (bicyclic) bond motifs is 3. The van der Waals surface area contributed by atoms with Crippen LogP contribution in [0.15, 0.2) is 41.2 Å². The van der Waals surface area contributed by atoms with E-state index in [1.165, 1.54) is 0 Å². The number of thiazole rings is 1. The Labute approximate surface area is 143 Å². The highest BCUT2D eigenvalue weighted by Crippen LogP contribution is 2.34. The number of hydrogen-bond donors (Lipinski definition) is 1. The number of nitrogens with two attached hydrogens (primary N) is 1. The van der Waals surface area contributed by atoms with Crippen LogP contribution in [0.4, 0.5) is 5.82 Å². The van der Waals surface area contributed by atoms with E-state index in [0.717, 1.165) is 50.3 Å². The van der Waals surface area contributed by atoms with Gasteiger partial charge in [-0.25, -0.2) is 9.97 Å². The lowest BCUT2D eigenvalue weighted by molar-refractivity contribution is 0.305. The molecule has 2 N–H and O–H groups in total. The average molecular weight is 339 g/mol. The largest absolute Gasteiger partial charge is 0.489 e. The van der Waals surface area contributed by atoms with E-state index < -0.39 is 0 Å². The molecule has 0 aliphatic rings. The van der Waals surface area contributed by atoms with Gasteiger partial charge in [-0.1, -0.05) is 6.92 Å². The van der Waals surface area contributed by atoms with E-state index in [1.54, 1.807) is 23.9 Å². The Morgan fingerprint density at radius 2 is 2.17 bits per heavy atom. The summed E-state index contributed by atoms with van der Waals surface area (Å²) in [5, 5.41) is 2.17. The summed E-state index contributed by atoms with van der Waals surface area (Å²) >= 11 is 1.70. The van der Waals surface area contributed by atoms with Crippen molar-refractivity contribution in [2.45, 2.75) is 26.4 Å². The van der Waals surface area contributed by atoms with Gasteiger partial charge in [0, 0.05) is 17.0 Å². The summed E-state index contributed by atoms with van der Waals surface area (Å²) in [5.74, 6) is 1.23. The number of pyridine rings is 1. The molecular formula is C18H17N3O2S. The Balaban J connectivity index is 1.72. The van der Waals surface area contributed by atoms with Crippen molar-refractivity contribution < 1.29 is 9.15 Å². The molecule has 0 atom stereocenters. The number of aromatic nitrogens is 2. The van der Waals surface area contributed by atoms with Crippen molar-refractivity contribution in [2.24, 2.45) is 0 Å². The van der Waals surface area contributed by atoms with Crippen molar-refractivity contribution in [3.8, 4) is 5.75 Å². The summed E-state index contributed by atoms with van der Waals surface area (Å²) in [6.45, 7) is 2.61. The molecule has 0 unspecified atom stereocenters. The van der Waals surface area contributed by atoms with Crippen LogP contribution in [0.1, 0.15) is 23.9 Å². The maximum Gasteiger partial charge on any atom is 0.151 e. The third-order valence-electron chi connectivity index (χ3n) is 3.82. The summed E-state index contributed by atoms with van der Waals surface area (Å²) in [4.78, 5) is 9.14. The first kappa shape index (κ1) is 15.0. The Bertz CT molecular complexity index is 993. The topological polar surface area (TPSA) is 74.2 Å². The Kier molecular flexibility index (Phi) is 3.82. The van der Waals surface area contributed by atoms with E-state index in [9.17, 15) is 0 Å². The highest BCUT2D eigenvalue weighted by molar-refractivity contribution is 7.19. The van der Waals surface area contributed by atoms with Crippen molar-refractivity contribution >= 4 is 38.3 Å². The van der Waals surface area contributed by atoms with Gasteiger partial charge in [0.2, 0.25) is 0 Å². The molecule has 3 aromatic heterocycles. The number of furan rings is 1. The highest BCUT2D eigenvalue weighted by Gasteiger charge is 2.13. The number of rotatable bonds is 5. The number of nitrogen functional groups attached to an aromatic ring is 1. The molecule has 0 amide bonds. The van der Waals surface area contributed by atoms with Gasteiger partial charge in [-0.05, 0) is 31.0 Å². The first-order chi connectivity index (χ1) is 11.7. The average Bonchev–Trinajstić information content (AvgIpc) is 3.23. The summed E-state index contributed by atoms with van der Waals surface area (Å²) in [5.41, 5.74) is 8.74. The van der Waals surface area contributed by atoms with E-state index in [4.69, 9.17) is 14.9 Å². The van der Waals surface area contributed by atoms with Gasteiger partial charge in [-0.3, -0.25) is 0 Å². The Morgan fingerprint density at radius 3 is 2.96 bits per heavy atom. The lowest BCUT2D eigenvalue weighted by Gasteiger charge is -2.07. The van der Waals surface area contributed by atoms with Crippen molar-refractivity contribution in [1.82, 2.24) is 9.97 Å². The van der Waals surface area contributed by atoms with Gasteiger partial charge >= 0.3 is 0 Å². The molecule has 1 aromatic carbocycles. The maximum absolute atomic E-state index is 6.11. The number of aryl methyl sites for hydroxylation is 1. The molecule has 0 saturated carbocycles. The fourth-order valence-corrected chi connectivity index (χ4v) is 3.86. The van der Waals surface area contributed by atoms with Gasteiger partial charge in [0.25, 0.3) is 0 Å². The summed E-state index contributed by atoms with van der Waals surface area (Å²) in [7, 11) is 0. The third-order valence-corrected chi connectivity index (χ3v) is 4.97. The van der Waals surface area contributed by atoms with Gasteiger partial charge in [0.05, 0.1) is 27.8 Å². The molecule has 6 heteroatoms. The second-order valence-electron chi connectivity index (χ2n) is 5.63. The zero-order valence-electron chi connectivity index (χ0n) is 13.3. The zero-order valence-corrected chi connectivity index (χ0v) is 14.1. The predicted octanol–water partition coefficient (Wildman–Crippen LogP) is 4.55. The van der Waals surface area contributed by atoms with E-state index >= 15 is 0 Å². The highest BCUT2D eigenvalue weighted by atomic mass is 32.1. The fourth-order valence-electron chi connectivity index (χ4n) is 2.65. The molecule has 0 radical (unpaired) electrons. The van der Waals surface area contributed by atoms with E-state index in [0.29, 0.717) is 12.4 Å². The first-order valence-electron chi connectivity index (χ1n) is 7.87. The molecule has 0 saturated heterocycles. The van der Waals surface area contributed by atoms with Crippen molar-refractivity contribution in [3.05, 3.63) is 47.4 Å². The van der Waals surface area contributed by atoms with Crippen LogP contribution in [0, 0.1) is 0 Å².